The minimum Gasteiger partial charge on any atom is -0.494 e. The van der Waals surface area contributed by atoms with Crippen LogP contribution in [0.25, 0.3) is 0 Å². The van der Waals surface area contributed by atoms with Gasteiger partial charge in [0.25, 0.3) is 5.91 Å². The van der Waals surface area contributed by atoms with E-state index in [1.165, 1.54) is 7.11 Å². The highest BCUT2D eigenvalue weighted by Crippen LogP contribution is 2.36. The van der Waals surface area contributed by atoms with E-state index < -0.39 is 5.92 Å². The Bertz CT molecular complexity index is 1240. The maximum Gasteiger partial charge on any atom is 0.255 e. The highest BCUT2D eigenvalue weighted by Gasteiger charge is 2.24. The average molecular weight is 471 g/mol. The standard InChI is InChI=1S/C28H23ClN2O3/c1-34-25-18-23(30-27(32)21-15-9-4-10-16-21)22(29)17-24(25)31-28(33)26(19-11-5-2-6-12-19)20-13-7-3-8-14-20/h2-18,26H,1H3,(H,30,32)(H,31,33). The number of carbonyl (C=O) groups excluding carboxylic acids is 2. The van der Waals surface area contributed by atoms with E-state index in [9.17, 15) is 9.59 Å². The van der Waals surface area contributed by atoms with Crippen LogP contribution in [0.5, 0.6) is 5.75 Å². The molecule has 0 saturated heterocycles. The first-order chi connectivity index (χ1) is 16.6. The molecule has 4 aromatic carbocycles. The van der Waals surface area contributed by atoms with Gasteiger partial charge in [0.1, 0.15) is 5.75 Å². The van der Waals surface area contributed by atoms with Crippen LogP contribution in [0.4, 0.5) is 11.4 Å². The van der Waals surface area contributed by atoms with Crippen LogP contribution < -0.4 is 15.4 Å². The zero-order chi connectivity index (χ0) is 23.9. The molecule has 0 spiro atoms. The van der Waals surface area contributed by atoms with Crippen LogP contribution in [0.15, 0.2) is 103 Å². The van der Waals surface area contributed by atoms with E-state index in [4.69, 9.17) is 16.3 Å². The number of methoxy groups -OCH3 is 1. The molecule has 0 aliphatic carbocycles. The van der Waals surface area contributed by atoms with Gasteiger partial charge in [0.15, 0.2) is 0 Å². The summed E-state index contributed by atoms with van der Waals surface area (Å²) in [6.45, 7) is 0. The summed E-state index contributed by atoms with van der Waals surface area (Å²) >= 11 is 6.47. The van der Waals surface area contributed by atoms with Crippen molar-refractivity contribution in [3.05, 3.63) is 125 Å². The van der Waals surface area contributed by atoms with Gasteiger partial charge in [-0.25, -0.2) is 0 Å². The number of carbonyl (C=O) groups is 2. The van der Waals surface area contributed by atoms with Crippen molar-refractivity contribution < 1.29 is 14.3 Å². The number of hydrogen-bond acceptors (Lipinski definition) is 3. The lowest BCUT2D eigenvalue weighted by Crippen LogP contribution is -2.22. The maximum absolute atomic E-state index is 13.5. The number of rotatable bonds is 7. The van der Waals surface area contributed by atoms with Gasteiger partial charge in [-0.15, -0.1) is 0 Å². The van der Waals surface area contributed by atoms with Gasteiger partial charge in [-0.1, -0.05) is 90.5 Å². The molecular weight excluding hydrogens is 448 g/mol. The number of benzene rings is 4. The minimum absolute atomic E-state index is 0.229. The van der Waals surface area contributed by atoms with E-state index in [-0.39, 0.29) is 16.8 Å². The van der Waals surface area contributed by atoms with Gasteiger partial charge in [0, 0.05) is 11.6 Å². The molecule has 2 N–H and O–H groups in total. The normalized spacial score (nSPS) is 10.6. The van der Waals surface area contributed by atoms with Gasteiger partial charge >= 0.3 is 0 Å². The first-order valence-electron chi connectivity index (χ1n) is 10.7. The second-order valence-electron chi connectivity index (χ2n) is 7.60. The fraction of sp³-hybridized carbons (Fsp3) is 0.0714. The molecule has 0 fully saturated rings. The van der Waals surface area contributed by atoms with E-state index in [1.807, 2.05) is 66.7 Å². The fourth-order valence-corrected chi connectivity index (χ4v) is 3.90. The van der Waals surface area contributed by atoms with Gasteiger partial charge in [0.05, 0.1) is 29.4 Å². The summed E-state index contributed by atoms with van der Waals surface area (Å²) in [6, 6.07) is 31.1. The largest absolute Gasteiger partial charge is 0.494 e. The van der Waals surface area contributed by atoms with Crippen molar-refractivity contribution >= 4 is 34.8 Å². The predicted molar refractivity (Wildman–Crippen MR) is 136 cm³/mol. The number of nitrogens with one attached hydrogen (secondary N) is 2. The van der Waals surface area contributed by atoms with Gasteiger partial charge < -0.3 is 15.4 Å². The molecule has 0 atom stereocenters. The maximum atomic E-state index is 13.5. The summed E-state index contributed by atoms with van der Waals surface area (Å²) in [4.78, 5) is 26.0. The summed E-state index contributed by atoms with van der Waals surface area (Å²) in [5.74, 6) is -0.674. The molecule has 0 unspecified atom stereocenters. The molecule has 0 radical (unpaired) electrons. The molecule has 4 aromatic rings. The molecular formula is C28H23ClN2O3. The van der Waals surface area contributed by atoms with Gasteiger partial charge in [-0.2, -0.15) is 0 Å². The van der Waals surface area contributed by atoms with Crippen LogP contribution in [-0.4, -0.2) is 18.9 Å². The Morgan fingerprint density at radius 1 is 0.735 bits per heavy atom. The van der Waals surface area contributed by atoms with Crippen LogP contribution in [0.2, 0.25) is 5.02 Å². The SMILES string of the molecule is COc1cc(NC(=O)c2ccccc2)c(Cl)cc1NC(=O)C(c1ccccc1)c1ccccc1. The molecule has 5 nitrogen and oxygen atoms in total. The molecule has 0 aliphatic rings. The summed E-state index contributed by atoms with van der Waals surface area (Å²) in [7, 11) is 1.49. The topological polar surface area (TPSA) is 67.4 Å². The minimum atomic E-state index is -0.525. The van der Waals surface area contributed by atoms with Crippen molar-refractivity contribution in [2.75, 3.05) is 17.7 Å². The molecule has 170 valence electrons. The smallest absolute Gasteiger partial charge is 0.255 e. The van der Waals surface area contributed by atoms with Crippen LogP contribution >= 0.6 is 11.6 Å². The van der Waals surface area contributed by atoms with Crippen molar-refractivity contribution in [2.24, 2.45) is 0 Å². The number of anilines is 2. The van der Waals surface area contributed by atoms with Crippen molar-refractivity contribution in [3.8, 4) is 5.75 Å². The molecule has 2 amide bonds. The van der Waals surface area contributed by atoms with Gasteiger partial charge in [0.2, 0.25) is 5.91 Å². The van der Waals surface area contributed by atoms with Gasteiger partial charge in [-0.3, -0.25) is 9.59 Å². The molecule has 6 heteroatoms. The molecule has 0 saturated carbocycles. The van der Waals surface area contributed by atoms with Crippen molar-refractivity contribution in [3.63, 3.8) is 0 Å². The Morgan fingerprint density at radius 3 is 1.79 bits per heavy atom. The van der Waals surface area contributed by atoms with Gasteiger partial charge in [-0.05, 0) is 29.3 Å². The summed E-state index contributed by atoms with van der Waals surface area (Å²) in [5, 5.41) is 6.02. The highest BCUT2D eigenvalue weighted by molar-refractivity contribution is 6.34. The number of hydrogen-bond donors (Lipinski definition) is 2. The first-order valence-corrected chi connectivity index (χ1v) is 11.1. The molecule has 0 aromatic heterocycles. The lowest BCUT2D eigenvalue weighted by Gasteiger charge is -2.20. The number of ether oxygens (including phenoxy) is 1. The monoisotopic (exact) mass is 470 g/mol. The lowest BCUT2D eigenvalue weighted by atomic mass is 9.90. The molecule has 34 heavy (non-hydrogen) atoms. The summed E-state index contributed by atoms with van der Waals surface area (Å²) in [5.41, 5.74) is 3.02. The van der Waals surface area contributed by atoms with E-state index in [1.54, 1.807) is 36.4 Å². The third-order valence-electron chi connectivity index (χ3n) is 5.36. The molecule has 0 aliphatic heterocycles. The quantitative estimate of drug-likeness (QED) is 0.329. The third-order valence-corrected chi connectivity index (χ3v) is 5.67. The molecule has 0 heterocycles. The highest BCUT2D eigenvalue weighted by atomic mass is 35.5. The number of halogens is 1. The zero-order valence-corrected chi connectivity index (χ0v) is 19.3. The van der Waals surface area contributed by atoms with Crippen LogP contribution in [0.1, 0.15) is 27.4 Å². The molecule has 4 rings (SSSR count). The second-order valence-corrected chi connectivity index (χ2v) is 8.00. The van der Waals surface area contributed by atoms with E-state index in [2.05, 4.69) is 10.6 Å². The van der Waals surface area contributed by atoms with Crippen LogP contribution in [-0.2, 0) is 4.79 Å². The summed E-state index contributed by atoms with van der Waals surface area (Å²) < 4.78 is 5.50. The van der Waals surface area contributed by atoms with E-state index >= 15 is 0 Å². The predicted octanol–water partition coefficient (Wildman–Crippen LogP) is 6.37. The fourth-order valence-electron chi connectivity index (χ4n) is 3.69. The Balaban J connectivity index is 1.61. The van der Waals surface area contributed by atoms with E-state index in [0.29, 0.717) is 22.7 Å². The first kappa shape index (κ1) is 23.1. The van der Waals surface area contributed by atoms with E-state index in [0.717, 1.165) is 11.1 Å². The average Bonchev–Trinajstić information content (AvgIpc) is 2.87. The Kier molecular flexibility index (Phi) is 7.25. The summed E-state index contributed by atoms with van der Waals surface area (Å²) in [6.07, 6.45) is 0. The number of amides is 2. The van der Waals surface area contributed by atoms with Crippen molar-refractivity contribution in [1.82, 2.24) is 0 Å². The van der Waals surface area contributed by atoms with Crippen molar-refractivity contribution in [2.45, 2.75) is 5.92 Å². The Labute approximate surface area is 203 Å². The Hall–Kier alpha value is -4.09. The van der Waals surface area contributed by atoms with Crippen molar-refractivity contribution in [1.29, 1.82) is 0 Å². The lowest BCUT2D eigenvalue weighted by molar-refractivity contribution is -0.116. The molecule has 0 bridgehead atoms. The van der Waals surface area contributed by atoms with Crippen LogP contribution in [0.3, 0.4) is 0 Å². The van der Waals surface area contributed by atoms with Crippen LogP contribution in [0, 0.1) is 0 Å². The zero-order valence-electron chi connectivity index (χ0n) is 18.5. The third kappa shape index (κ3) is 5.27. The Morgan fingerprint density at radius 2 is 1.26 bits per heavy atom. The second kappa shape index (κ2) is 10.7.